The van der Waals surface area contributed by atoms with Crippen LogP contribution in [-0.2, 0) is 4.79 Å². The second-order valence-electron chi connectivity index (χ2n) is 6.10. The second-order valence-corrected chi connectivity index (χ2v) is 7.39. The van der Waals surface area contributed by atoms with Crippen molar-refractivity contribution in [3.8, 4) is 5.75 Å². The third-order valence-electron chi connectivity index (χ3n) is 3.86. The van der Waals surface area contributed by atoms with Gasteiger partial charge < -0.3 is 10.1 Å². The SMILES string of the molecule is O=C(COc1ccc(/C=N/NC(=O)c2ccccc2)cc1Br)Nc1ccc(Cl)cc1. The first-order valence-corrected chi connectivity index (χ1v) is 10.0. The Morgan fingerprint density at radius 2 is 1.77 bits per heavy atom. The zero-order valence-electron chi connectivity index (χ0n) is 15.6. The Balaban J connectivity index is 1.51. The van der Waals surface area contributed by atoms with Crippen LogP contribution in [0.1, 0.15) is 15.9 Å². The van der Waals surface area contributed by atoms with Crippen LogP contribution in [0.25, 0.3) is 0 Å². The summed E-state index contributed by atoms with van der Waals surface area (Å²) >= 11 is 9.23. The largest absolute Gasteiger partial charge is 0.483 e. The summed E-state index contributed by atoms with van der Waals surface area (Å²) in [5.74, 6) is -0.0808. The molecule has 0 radical (unpaired) electrons. The number of hydrogen-bond donors (Lipinski definition) is 2. The van der Waals surface area contributed by atoms with Gasteiger partial charge in [-0.1, -0.05) is 29.8 Å². The Morgan fingerprint density at radius 1 is 1.03 bits per heavy atom. The van der Waals surface area contributed by atoms with Crippen molar-refractivity contribution < 1.29 is 14.3 Å². The maximum atomic E-state index is 12.0. The second kappa shape index (κ2) is 10.6. The molecule has 0 fully saturated rings. The highest BCUT2D eigenvalue weighted by Gasteiger charge is 2.07. The molecular formula is C22H17BrClN3O3. The number of nitrogens with one attached hydrogen (secondary N) is 2. The Hall–Kier alpha value is -3.16. The zero-order chi connectivity index (χ0) is 21.3. The summed E-state index contributed by atoms with van der Waals surface area (Å²) in [6.07, 6.45) is 1.52. The number of carbonyl (C=O) groups excluding carboxylic acids is 2. The van der Waals surface area contributed by atoms with Crippen molar-refractivity contribution in [3.63, 3.8) is 0 Å². The fourth-order valence-electron chi connectivity index (χ4n) is 2.41. The topological polar surface area (TPSA) is 79.8 Å². The minimum Gasteiger partial charge on any atom is -0.483 e. The molecule has 0 heterocycles. The molecule has 0 atom stereocenters. The van der Waals surface area contributed by atoms with Crippen molar-refractivity contribution in [2.24, 2.45) is 5.10 Å². The molecule has 0 bridgehead atoms. The molecule has 0 unspecified atom stereocenters. The van der Waals surface area contributed by atoms with E-state index in [0.717, 1.165) is 5.56 Å². The molecule has 8 heteroatoms. The lowest BCUT2D eigenvalue weighted by atomic mass is 10.2. The molecule has 152 valence electrons. The molecule has 3 aromatic carbocycles. The highest BCUT2D eigenvalue weighted by Crippen LogP contribution is 2.25. The van der Waals surface area contributed by atoms with E-state index in [4.69, 9.17) is 16.3 Å². The van der Waals surface area contributed by atoms with Gasteiger partial charge >= 0.3 is 0 Å². The molecule has 0 saturated carbocycles. The summed E-state index contributed by atoms with van der Waals surface area (Å²) in [6, 6.07) is 20.8. The van der Waals surface area contributed by atoms with Crippen LogP contribution in [0.5, 0.6) is 5.75 Å². The molecule has 0 spiro atoms. The van der Waals surface area contributed by atoms with Gasteiger partial charge in [0.1, 0.15) is 5.75 Å². The third-order valence-corrected chi connectivity index (χ3v) is 4.73. The first-order valence-electron chi connectivity index (χ1n) is 8.87. The maximum absolute atomic E-state index is 12.0. The van der Waals surface area contributed by atoms with E-state index in [1.807, 2.05) is 6.07 Å². The number of hydrazone groups is 1. The van der Waals surface area contributed by atoms with E-state index in [1.54, 1.807) is 66.7 Å². The molecule has 2 amide bonds. The molecule has 0 aliphatic heterocycles. The lowest BCUT2D eigenvalue weighted by Crippen LogP contribution is -2.20. The standard InChI is InChI=1S/C22H17BrClN3O3/c23-19-12-15(13-25-27-22(29)16-4-2-1-3-5-16)6-11-20(19)30-14-21(28)26-18-9-7-17(24)8-10-18/h1-13H,14H2,(H,26,28)(H,27,29)/b25-13+. The average Bonchev–Trinajstić information content (AvgIpc) is 2.75. The smallest absolute Gasteiger partial charge is 0.271 e. The van der Waals surface area contributed by atoms with Gasteiger partial charge in [-0.2, -0.15) is 5.10 Å². The quantitative estimate of drug-likeness (QED) is 0.369. The van der Waals surface area contributed by atoms with Gasteiger partial charge in [-0.15, -0.1) is 0 Å². The van der Waals surface area contributed by atoms with Crippen LogP contribution in [0.2, 0.25) is 5.02 Å². The van der Waals surface area contributed by atoms with E-state index in [0.29, 0.717) is 26.5 Å². The summed E-state index contributed by atoms with van der Waals surface area (Å²) in [4.78, 5) is 24.0. The van der Waals surface area contributed by atoms with Crippen LogP contribution in [0.3, 0.4) is 0 Å². The molecule has 0 saturated heterocycles. The third kappa shape index (κ3) is 6.43. The average molecular weight is 487 g/mol. The zero-order valence-corrected chi connectivity index (χ0v) is 18.0. The lowest BCUT2D eigenvalue weighted by Gasteiger charge is -2.09. The van der Waals surface area contributed by atoms with Crippen molar-refractivity contribution >= 4 is 51.2 Å². The number of anilines is 1. The molecular weight excluding hydrogens is 470 g/mol. The van der Waals surface area contributed by atoms with Gasteiger partial charge in [0.25, 0.3) is 11.8 Å². The summed E-state index contributed by atoms with van der Waals surface area (Å²) < 4.78 is 6.20. The lowest BCUT2D eigenvalue weighted by molar-refractivity contribution is -0.118. The van der Waals surface area contributed by atoms with E-state index in [9.17, 15) is 9.59 Å². The Morgan fingerprint density at radius 3 is 2.47 bits per heavy atom. The number of nitrogens with zero attached hydrogens (tertiary/aromatic N) is 1. The molecule has 2 N–H and O–H groups in total. The minimum absolute atomic E-state index is 0.151. The van der Waals surface area contributed by atoms with Gasteiger partial charge in [0, 0.05) is 16.3 Å². The van der Waals surface area contributed by atoms with Crippen molar-refractivity contribution in [3.05, 3.63) is 93.4 Å². The van der Waals surface area contributed by atoms with Crippen LogP contribution >= 0.6 is 27.5 Å². The monoisotopic (exact) mass is 485 g/mol. The first-order chi connectivity index (χ1) is 14.5. The van der Waals surface area contributed by atoms with Gasteiger partial charge in [-0.05, 0) is 76.1 Å². The van der Waals surface area contributed by atoms with Crippen molar-refractivity contribution in [1.82, 2.24) is 5.43 Å². The molecule has 3 aromatic rings. The number of amides is 2. The summed E-state index contributed by atoms with van der Waals surface area (Å²) in [6.45, 7) is -0.151. The number of carbonyl (C=O) groups is 2. The normalized spacial score (nSPS) is 10.6. The van der Waals surface area contributed by atoms with E-state index in [1.165, 1.54) is 6.21 Å². The highest BCUT2D eigenvalue weighted by atomic mass is 79.9. The van der Waals surface area contributed by atoms with Crippen molar-refractivity contribution in [1.29, 1.82) is 0 Å². The van der Waals surface area contributed by atoms with E-state index < -0.39 is 0 Å². The van der Waals surface area contributed by atoms with E-state index in [2.05, 4.69) is 31.8 Å². The van der Waals surface area contributed by atoms with Gasteiger partial charge in [-0.3, -0.25) is 9.59 Å². The first kappa shape index (κ1) is 21.5. The van der Waals surface area contributed by atoms with Gasteiger partial charge in [-0.25, -0.2) is 5.43 Å². The van der Waals surface area contributed by atoms with Crippen LogP contribution in [0, 0.1) is 0 Å². The fraction of sp³-hybridized carbons (Fsp3) is 0.0455. The van der Waals surface area contributed by atoms with Gasteiger partial charge in [0.15, 0.2) is 6.61 Å². The Kier molecular flexibility index (Phi) is 7.59. The minimum atomic E-state index is -0.294. The fourth-order valence-corrected chi connectivity index (χ4v) is 3.04. The van der Waals surface area contributed by atoms with Gasteiger partial charge in [0.05, 0.1) is 10.7 Å². The molecule has 3 rings (SSSR count). The number of hydrogen-bond acceptors (Lipinski definition) is 4. The summed E-state index contributed by atoms with van der Waals surface area (Å²) in [5, 5.41) is 7.27. The molecule has 0 aromatic heterocycles. The van der Waals surface area contributed by atoms with Crippen LogP contribution < -0.4 is 15.5 Å². The molecule has 6 nitrogen and oxygen atoms in total. The highest BCUT2D eigenvalue weighted by molar-refractivity contribution is 9.10. The maximum Gasteiger partial charge on any atom is 0.271 e. The summed E-state index contributed by atoms with van der Waals surface area (Å²) in [7, 11) is 0. The number of ether oxygens (including phenoxy) is 1. The van der Waals surface area contributed by atoms with Gasteiger partial charge in [0.2, 0.25) is 0 Å². The van der Waals surface area contributed by atoms with Crippen molar-refractivity contribution in [2.45, 2.75) is 0 Å². The summed E-state index contributed by atoms with van der Waals surface area (Å²) in [5.41, 5.74) is 4.37. The number of rotatable bonds is 7. The van der Waals surface area contributed by atoms with Crippen LogP contribution in [0.15, 0.2) is 82.4 Å². The van der Waals surface area contributed by atoms with E-state index >= 15 is 0 Å². The molecule has 30 heavy (non-hydrogen) atoms. The molecule has 0 aliphatic rings. The van der Waals surface area contributed by atoms with E-state index in [-0.39, 0.29) is 18.4 Å². The number of halogens is 2. The van der Waals surface area contributed by atoms with Crippen LogP contribution in [-0.4, -0.2) is 24.6 Å². The predicted molar refractivity (Wildman–Crippen MR) is 121 cm³/mol. The predicted octanol–water partition coefficient (Wildman–Crippen LogP) is 4.88. The Bertz CT molecular complexity index is 1060. The number of benzene rings is 3. The van der Waals surface area contributed by atoms with Crippen LogP contribution in [0.4, 0.5) is 5.69 Å². The van der Waals surface area contributed by atoms with Crippen molar-refractivity contribution in [2.75, 3.05) is 11.9 Å². The Labute approximate surface area is 187 Å². The molecule has 0 aliphatic carbocycles.